The van der Waals surface area contributed by atoms with Gasteiger partial charge in [0.05, 0.1) is 7.11 Å². The molecule has 0 radical (unpaired) electrons. The number of aliphatic hydroxyl groups excluding tert-OH is 1. The lowest BCUT2D eigenvalue weighted by molar-refractivity contribution is -0.129. The van der Waals surface area contributed by atoms with E-state index < -0.39 is 12.0 Å². The predicted molar refractivity (Wildman–Crippen MR) is 88.3 cm³/mol. The summed E-state index contributed by atoms with van der Waals surface area (Å²) in [6, 6.07) is 13.2. The van der Waals surface area contributed by atoms with Crippen LogP contribution < -0.4 is 10.1 Å². The number of carbonyl (C=O) groups excluding carboxylic acids is 1. The first kappa shape index (κ1) is 16.5. The summed E-state index contributed by atoms with van der Waals surface area (Å²) in [5, 5.41) is 13.0. The fourth-order valence-electron chi connectivity index (χ4n) is 2.84. The van der Waals surface area contributed by atoms with Crippen molar-refractivity contribution in [3.63, 3.8) is 0 Å². The van der Waals surface area contributed by atoms with E-state index in [1.54, 1.807) is 36.4 Å². The van der Waals surface area contributed by atoms with Crippen LogP contribution in [0.15, 0.2) is 48.5 Å². The van der Waals surface area contributed by atoms with Crippen LogP contribution in [-0.2, 0) is 10.2 Å². The molecule has 1 aliphatic rings. The second-order valence-electron chi connectivity index (χ2n) is 6.18. The summed E-state index contributed by atoms with van der Waals surface area (Å²) in [4.78, 5) is 12.2. The molecule has 126 valence electrons. The fraction of sp³-hybridized carbons (Fsp3) is 0.316. The van der Waals surface area contributed by atoms with Crippen LogP contribution in [0, 0.1) is 5.82 Å². The summed E-state index contributed by atoms with van der Waals surface area (Å²) in [5.41, 5.74) is 1.36. The number of nitrogens with one attached hydrogen (secondary N) is 1. The van der Waals surface area contributed by atoms with Crippen molar-refractivity contribution < 1.29 is 19.0 Å². The van der Waals surface area contributed by atoms with E-state index in [9.17, 15) is 14.3 Å². The Morgan fingerprint density at radius 3 is 2.62 bits per heavy atom. The first-order valence-electron chi connectivity index (χ1n) is 7.90. The summed E-state index contributed by atoms with van der Waals surface area (Å²) in [6.07, 6.45) is 0.631. The van der Waals surface area contributed by atoms with Crippen molar-refractivity contribution in [2.75, 3.05) is 13.7 Å². The fourth-order valence-corrected chi connectivity index (χ4v) is 2.84. The summed E-state index contributed by atoms with van der Waals surface area (Å²) in [5.74, 6) is -0.131. The van der Waals surface area contributed by atoms with Gasteiger partial charge in [-0.15, -0.1) is 0 Å². The molecule has 1 amide bonds. The maximum atomic E-state index is 13.1. The SMILES string of the molecule is COc1cccc(C(O)C(=O)NCC2(c3ccc(F)cc3)CC2)c1. The summed E-state index contributed by atoms with van der Waals surface area (Å²) in [7, 11) is 1.53. The standard InChI is InChI=1S/C19H20FNO3/c1-24-16-4-2-3-13(11-16)17(22)18(23)21-12-19(9-10-19)14-5-7-15(20)8-6-14/h2-8,11,17,22H,9-10,12H2,1H3,(H,21,23). The van der Waals surface area contributed by atoms with Crippen LogP contribution >= 0.6 is 0 Å². The molecule has 0 spiro atoms. The Hall–Kier alpha value is -2.40. The topological polar surface area (TPSA) is 58.6 Å². The van der Waals surface area contributed by atoms with Crippen molar-refractivity contribution >= 4 is 5.91 Å². The Kier molecular flexibility index (Phi) is 4.53. The van der Waals surface area contributed by atoms with Gasteiger partial charge in [0.15, 0.2) is 6.10 Å². The molecule has 1 fully saturated rings. The number of hydrogen-bond acceptors (Lipinski definition) is 3. The molecule has 0 aromatic heterocycles. The Morgan fingerprint density at radius 1 is 1.29 bits per heavy atom. The molecule has 4 nitrogen and oxygen atoms in total. The first-order valence-corrected chi connectivity index (χ1v) is 7.90. The summed E-state index contributed by atoms with van der Waals surface area (Å²) in [6.45, 7) is 0.429. The smallest absolute Gasteiger partial charge is 0.253 e. The quantitative estimate of drug-likeness (QED) is 0.857. The van der Waals surface area contributed by atoms with Crippen molar-refractivity contribution in [3.05, 3.63) is 65.5 Å². The maximum Gasteiger partial charge on any atom is 0.253 e. The Balaban J connectivity index is 1.63. The molecule has 24 heavy (non-hydrogen) atoms. The van der Waals surface area contributed by atoms with E-state index in [0.717, 1.165) is 18.4 Å². The van der Waals surface area contributed by atoms with Gasteiger partial charge in [-0.05, 0) is 48.2 Å². The van der Waals surface area contributed by atoms with E-state index in [1.165, 1.54) is 19.2 Å². The molecule has 2 aromatic carbocycles. The molecule has 1 unspecified atom stereocenters. The summed E-state index contributed by atoms with van der Waals surface area (Å²) < 4.78 is 18.2. The Bertz CT molecular complexity index is 726. The largest absolute Gasteiger partial charge is 0.497 e. The molecular weight excluding hydrogens is 309 g/mol. The van der Waals surface area contributed by atoms with Crippen LogP contribution in [0.1, 0.15) is 30.1 Å². The molecule has 1 saturated carbocycles. The molecule has 3 rings (SSSR count). The van der Waals surface area contributed by atoms with Crippen molar-refractivity contribution in [3.8, 4) is 5.75 Å². The van der Waals surface area contributed by atoms with Gasteiger partial charge in [0, 0.05) is 12.0 Å². The van der Waals surface area contributed by atoms with Crippen molar-refractivity contribution in [2.45, 2.75) is 24.4 Å². The van der Waals surface area contributed by atoms with Crippen LogP contribution in [0.5, 0.6) is 5.75 Å². The number of hydrogen-bond donors (Lipinski definition) is 2. The Morgan fingerprint density at radius 2 is 2.00 bits per heavy atom. The van der Waals surface area contributed by atoms with Gasteiger partial charge in [-0.3, -0.25) is 4.79 Å². The van der Waals surface area contributed by atoms with Crippen LogP contribution in [0.4, 0.5) is 4.39 Å². The maximum absolute atomic E-state index is 13.1. The zero-order valence-electron chi connectivity index (χ0n) is 13.5. The highest BCUT2D eigenvalue weighted by Gasteiger charge is 2.44. The highest BCUT2D eigenvalue weighted by molar-refractivity contribution is 5.82. The van der Waals surface area contributed by atoms with Crippen LogP contribution in [-0.4, -0.2) is 24.7 Å². The average molecular weight is 329 g/mol. The third-order valence-corrected chi connectivity index (χ3v) is 4.57. The van der Waals surface area contributed by atoms with Crippen LogP contribution in [0.25, 0.3) is 0 Å². The third kappa shape index (κ3) is 3.41. The molecule has 0 aliphatic heterocycles. The number of benzene rings is 2. The van der Waals surface area contributed by atoms with Crippen LogP contribution in [0.2, 0.25) is 0 Å². The number of rotatable bonds is 6. The predicted octanol–water partition coefficient (Wildman–Crippen LogP) is 2.72. The van der Waals surface area contributed by atoms with Gasteiger partial charge in [-0.1, -0.05) is 24.3 Å². The average Bonchev–Trinajstić information content (AvgIpc) is 3.40. The normalized spacial score (nSPS) is 16.3. The monoisotopic (exact) mass is 329 g/mol. The number of amides is 1. The second kappa shape index (κ2) is 6.61. The minimum Gasteiger partial charge on any atom is -0.497 e. The minimum atomic E-state index is -1.25. The van der Waals surface area contributed by atoms with E-state index in [2.05, 4.69) is 5.32 Å². The van der Waals surface area contributed by atoms with E-state index in [4.69, 9.17) is 4.74 Å². The highest BCUT2D eigenvalue weighted by Crippen LogP contribution is 2.47. The zero-order valence-corrected chi connectivity index (χ0v) is 13.5. The molecule has 2 aromatic rings. The second-order valence-corrected chi connectivity index (χ2v) is 6.18. The van der Waals surface area contributed by atoms with Gasteiger partial charge >= 0.3 is 0 Å². The first-order chi connectivity index (χ1) is 11.5. The number of halogens is 1. The van der Waals surface area contributed by atoms with Gasteiger partial charge in [0.25, 0.3) is 5.91 Å². The van der Waals surface area contributed by atoms with Gasteiger partial charge in [-0.2, -0.15) is 0 Å². The highest BCUT2D eigenvalue weighted by atomic mass is 19.1. The number of carbonyl (C=O) groups is 1. The van der Waals surface area contributed by atoms with Crippen molar-refractivity contribution in [1.82, 2.24) is 5.32 Å². The molecular formula is C19H20FNO3. The van der Waals surface area contributed by atoms with E-state index >= 15 is 0 Å². The van der Waals surface area contributed by atoms with Gasteiger partial charge in [0.1, 0.15) is 11.6 Å². The molecule has 1 atom stereocenters. The molecule has 0 bridgehead atoms. The number of methoxy groups -OCH3 is 1. The van der Waals surface area contributed by atoms with Gasteiger partial charge < -0.3 is 15.2 Å². The minimum absolute atomic E-state index is 0.141. The van der Waals surface area contributed by atoms with E-state index in [1.807, 2.05) is 0 Å². The number of aliphatic hydroxyl groups is 1. The van der Waals surface area contributed by atoms with Crippen molar-refractivity contribution in [1.29, 1.82) is 0 Å². The summed E-state index contributed by atoms with van der Waals surface area (Å²) >= 11 is 0. The van der Waals surface area contributed by atoms with Crippen LogP contribution in [0.3, 0.4) is 0 Å². The molecule has 0 heterocycles. The lowest BCUT2D eigenvalue weighted by Crippen LogP contribution is -2.35. The number of ether oxygens (including phenoxy) is 1. The molecule has 2 N–H and O–H groups in total. The third-order valence-electron chi connectivity index (χ3n) is 4.57. The lowest BCUT2D eigenvalue weighted by Gasteiger charge is -2.18. The van der Waals surface area contributed by atoms with E-state index in [-0.39, 0.29) is 11.2 Å². The molecule has 1 aliphatic carbocycles. The van der Waals surface area contributed by atoms with Crippen molar-refractivity contribution in [2.24, 2.45) is 0 Å². The molecule has 5 heteroatoms. The van der Waals surface area contributed by atoms with E-state index in [0.29, 0.717) is 17.9 Å². The van der Waals surface area contributed by atoms with Gasteiger partial charge in [-0.25, -0.2) is 4.39 Å². The zero-order chi connectivity index (χ0) is 17.2. The Labute approximate surface area is 140 Å². The van der Waals surface area contributed by atoms with Gasteiger partial charge in [0.2, 0.25) is 0 Å². The molecule has 0 saturated heterocycles. The lowest BCUT2D eigenvalue weighted by atomic mass is 9.95.